The maximum Gasteiger partial charge on any atom is 0.261 e. The largest absolute Gasteiger partial charge is 0.334 e. The molecule has 0 aromatic heterocycles. The van der Waals surface area contributed by atoms with Crippen LogP contribution in [0.15, 0.2) is 18.2 Å². The molecule has 0 radical (unpaired) electrons. The summed E-state index contributed by atoms with van der Waals surface area (Å²) in [5.74, 6) is -0.247. The van der Waals surface area contributed by atoms with Crippen LogP contribution in [-0.4, -0.2) is 53.7 Å². The lowest BCUT2D eigenvalue weighted by molar-refractivity contribution is 0.0573. The molecule has 0 saturated carbocycles. The molecule has 0 aliphatic carbocycles. The van der Waals surface area contributed by atoms with Gasteiger partial charge in [-0.1, -0.05) is 6.92 Å². The summed E-state index contributed by atoms with van der Waals surface area (Å²) in [7, 11) is 1.45. The van der Waals surface area contributed by atoms with Gasteiger partial charge in [-0.3, -0.25) is 19.3 Å². The van der Waals surface area contributed by atoms with Gasteiger partial charge < -0.3 is 10.6 Å². The van der Waals surface area contributed by atoms with E-state index in [0.29, 0.717) is 35.7 Å². The molecule has 0 bridgehead atoms. The molecular weight excluding hydrogens is 294 g/mol. The number of carbonyl (C=O) groups excluding carboxylic acids is 3. The highest BCUT2D eigenvalue weighted by Gasteiger charge is 2.35. The molecule has 2 aliphatic rings. The highest BCUT2D eigenvalue weighted by molar-refractivity contribution is 6.21. The lowest BCUT2D eigenvalue weighted by Gasteiger charge is -2.38. The highest BCUT2D eigenvalue weighted by Crippen LogP contribution is 2.26. The smallest absolute Gasteiger partial charge is 0.261 e. The van der Waals surface area contributed by atoms with Crippen molar-refractivity contribution in [1.29, 1.82) is 0 Å². The van der Waals surface area contributed by atoms with Crippen molar-refractivity contribution in [3.63, 3.8) is 0 Å². The Bertz CT molecular complexity index is 686. The van der Waals surface area contributed by atoms with Crippen molar-refractivity contribution in [3.05, 3.63) is 34.9 Å². The van der Waals surface area contributed by atoms with Crippen LogP contribution in [0.1, 0.15) is 50.8 Å². The minimum atomic E-state index is -0.359. The van der Waals surface area contributed by atoms with E-state index in [1.165, 1.54) is 13.1 Å². The SMILES string of the molecule is CC1CCN(C(=O)c2ccc3c(c2)C(=O)N(C)C3=O)C(CN)C1. The first-order chi connectivity index (χ1) is 10.9. The number of nitrogens with two attached hydrogens (primary N) is 1. The highest BCUT2D eigenvalue weighted by atomic mass is 16.2. The number of amides is 3. The number of imide groups is 1. The molecule has 1 fully saturated rings. The Morgan fingerprint density at radius 1 is 1.26 bits per heavy atom. The monoisotopic (exact) mass is 315 g/mol. The summed E-state index contributed by atoms with van der Waals surface area (Å²) in [6.07, 6.45) is 1.85. The van der Waals surface area contributed by atoms with Crippen LogP contribution in [0, 0.1) is 5.92 Å². The van der Waals surface area contributed by atoms with Gasteiger partial charge in [0.15, 0.2) is 0 Å². The number of fused-ring (bicyclic) bond motifs is 1. The second-order valence-corrected chi connectivity index (χ2v) is 6.45. The lowest BCUT2D eigenvalue weighted by atomic mass is 9.91. The Hall–Kier alpha value is -2.21. The average Bonchev–Trinajstić information content (AvgIpc) is 2.78. The summed E-state index contributed by atoms with van der Waals surface area (Å²) < 4.78 is 0. The minimum Gasteiger partial charge on any atom is -0.334 e. The van der Waals surface area contributed by atoms with Gasteiger partial charge in [0, 0.05) is 31.7 Å². The summed E-state index contributed by atoms with van der Waals surface area (Å²) in [4.78, 5) is 39.7. The van der Waals surface area contributed by atoms with Crippen LogP contribution < -0.4 is 5.73 Å². The van der Waals surface area contributed by atoms with E-state index in [2.05, 4.69) is 6.92 Å². The van der Waals surface area contributed by atoms with Crippen molar-refractivity contribution >= 4 is 17.7 Å². The normalized spacial score (nSPS) is 24.1. The van der Waals surface area contributed by atoms with Gasteiger partial charge in [0.2, 0.25) is 0 Å². The summed E-state index contributed by atoms with van der Waals surface area (Å²) in [5, 5.41) is 0. The number of piperidine rings is 1. The summed E-state index contributed by atoms with van der Waals surface area (Å²) in [6.45, 7) is 3.27. The molecule has 1 aromatic carbocycles. The Morgan fingerprint density at radius 2 is 1.96 bits per heavy atom. The van der Waals surface area contributed by atoms with E-state index in [-0.39, 0.29) is 23.8 Å². The molecule has 2 atom stereocenters. The van der Waals surface area contributed by atoms with Gasteiger partial charge in [-0.2, -0.15) is 0 Å². The Morgan fingerprint density at radius 3 is 2.65 bits per heavy atom. The first-order valence-corrected chi connectivity index (χ1v) is 7.91. The number of rotatable bonds is 2. The standard InChI is InChI=1S/C17H21N3O3/c1-10-5-6-20(12(7-10)9-18)15(21)11-3-4-13-14(8-11)17(23)19(2)16(13)22/h3-4,8,10,12H,5-7,9,18H2,1-2H3. The molecule has 2 unspecified atom stereocenters. The topological polar surface area (TPSA) is 83.7 Å². The fourth-order valence-corrected chi connectivity index (χ4v) is 3.40. The Balaban J connectivity index is 1.90. The molecule has 2 aliphatic heterocycles. The van der Waals surface area contributed by atoms with E-state index in [4.69, 9.17) is 5.73 Å². The van der Waals surface area contributed by atoms with Gasteiger partial charge in [0.1, 0.15) is 0 Å². The van der Waals surface area contributed by atoms with E-state index in [9.17, 15) is 14.4 Å². The molecule has 1 aromatic rings. The summed E-state index contributed by atoms with van der Waals surface area (Å²) >= 11 is 0. The quantitative estimate of drug-likeness (QED) is 0.829. The lowest BCUT2D eigenvalue weighted by Crippen LogP contribution is -2.49. The van der Waals surface area contributed by atoms with Crippen molar-refractivity contribution in [2.24, 2.45) is 11.7 Å². The van der Waals surface area contributed by atoms with E-state index in [0.717, 1.165) is 17.7 Å². The van der Waals surface area contributed by atoms with Crippen LogP contribution in [0.2, 0.25) is 0 Å². The molecule has 1 saturated heterocycles. The van der Waals surface area contributed by atoms with Gasteiger partial charge >= 0.3 is 0 Å². The third-order valence-corrected chi connectivity index (χ3v) is 4.85. The van der Waals surface area contributed by atoms with Crippen molar-refractivity contribution < 1.29 is 14.4 Å². The minimum absolute atomic E-state index is 0.0273. The second kappa shape index (κ2) is 5.77. The van der Waals surface area contributed by atoms with E-state index < -0.39 is 0 Å². The molecule has 3 amide bonds. The van der Waals surface area contributed by atoms with Gasteiger partial charge in [0.05, 0.1) is 11.1 Å². The third kappa shape index (κ3) is 2.53. The average molecular weight is 315 g/mol. The van der Waals surface area contributed by atoms with Gasteiger partial charge in [-0.15, -0.1) is 0 Å². The van der Waals surface area contributed by atoms with E-state index in [1.807, 2.05) is 0 Å². The fourth-order valence-electron chi connectivity index (χ4n) is 3.40. The van der Waals surface area contributed by atoms with Crippen molar-refractivity contribution in [2.75, 3.05) is 20.1 Å². The zero-order chi connectivity index (χ0) is 16.7. The number of likely N-dealkylation sites (tertiary alicyclic amines) is 1. The van der Waals surface area contributed by atoms with Crippen LogP contribution in [-0.2, 0) is 0 Å². The fraction of sp³-hybridized carbons (Fsp3) is 0.471. The van der Waals surface area contributed by atoms with Crippen molar-refractivity contribution in [1.82, 2.24) is 9.80 Å². The maximum absolute atomic E-state index is 12.8. The van der Waals surface area contributed by atoms with Crippen molar-refractivity contribution in [2.45, 2.75) is 25.8 Å². The number of nitrogens with zero attached hydrogens (tertiary/aromatic N) is 2. The van der Waals surface area contributed by atoms with Crippen LogP contribution in [0.5, 0.6) is 0 Å². The molecule has 3 rings (SSSR count). The Kier molecular flexibility index (Phi) is 3.93. The van der Waals surface area contributed by atoms with E-state index >= 15 is 0 Å². The zero-order valence-electron chi connectivity index (χ0n) is 13.4. The number of benzene rings is 1. The number of hydrogen-bond acceptors (Lipinski definition) is 4. The van der Waals surface area contributed by atoms with Crippen LogP contribution in [0.3, 0.4) is 0 Å². The summed E-state index contributed by atoms with van der Waals surface area (Å²) in [6, 6.07) is 4.75. The predicted molar refractivity (Wildman–Crippen MR) is 85.1 cm³/mol. The molecule has 0 spiro atoms. The number of carbonyl (C=O) groups is 3. The van der Waals surface area contributed by atoms with Crippen molar-refractivity contribution in [3.8, 4) is 0 Å². The third-order valence-electron chi connectivity index (χ3n) is 4.85. The number of hydrogen-bond donors (Lipinski definition) is 1. The van der Waals surface area contributed by atoms with Gasteiger partial charge in [-0.05, 0) is 37.0 Å². The molecule has 6 heteroatoms. The Labute approximate surface area is 135 Å². The van der Waals surface area contributed by atoms with Gasteiger partial charge in [-0.25, -0.2) is 0 Å². The van der Waals surface area contributed by atoms with Crippen LogP contribution in [0.25, 0.3) is 0 Å². The first kappa shape index (κ1) is 15.7. The molecule has 122 valence electrons. The van der Waals surface area contributed by atoms with Gasteiger partial charge in [0.25, 0.3) is 17.7 Å². The molecule has 2 heterocycles. The molecular formula is C17H21N3O3. The van der Waals surface area contributed by atoms with E-state index in [1.54, 1.807) is 17.0 Å². The molecule has 23 heavy (non-hydrogen) atoms. The molecule has 6 nitrogen and oxygen atoms in total. The second-order valence-electron chi connectivity index (χ2n) is 6.45. The maximum atomic E-state index is 12.8. The van der Waals surface area contributed by atoms with Crippen LogP contribution >= 0.6 is 0 Å². The molecule has 2 N–H and O–H groups in total. The zero-order valence-corrected chi connectivity index (χ0v) is 13.4. The summed E-state index contributed by atoms with van der Waals surface area (Å²) in [5.41, 5.74) is 6.92. The predicted octanol–water partition coefficient (Wildman–Crippen LogP) is 1.11. The van der Waals surface area contributed by atoms with Crippen LogP contribution in [0.4, 0.5) is 0 Å². The first-order valence-electron chi connectivity index (χ1n) is 7.91.